The number of aryl methyl sites for hydroxylation is 1. The molecular weight excluding hydrogens is 696 g/mol. The molecule has 7 rings (SSSR count). The zero-order valence-corrected chi connectivity index (χ0v) is 23.8. The Morgan fingerprint density at radius 1 is 1.00 bits per heavy atom. The van der Waals surface area contributed by atoms with Gasteiger partial charge in [0.25, 0.3) is 0 Å². The van der Waals surface area contributed by atoms with Crippen LogP contribution in [0, 0.1) is 10.5 Å². The van der Waals surface area contributed by atoms with Crippen LogP contribution in [0.25, 0.3) is 21.8 Å². The summed E-state index contributed by atoms with van der Waals surface area (Å²) >= 11 is -1.90. The van der Waals surface area contributed by atoms with Crippen LogP contribution in [-0.2, 0) is 0 Å². The quantitative estimate of drug-likeness (QED) is 0.131. The molecule has 4 N–H and O–H groups in total. The van der Waals surface area contributed by atoms with Crippen LogP contribution in [0.4, 0.5) is 5.69 Å². The number of nitrogens with one attached hydrogen (secondary N) is 4. The van der Waals surface area contributed by atoms with Crippen LogP contribution in [0.3, 0.4) is 0 Å². The van der Waals surface area contributed by atoms with Gasteiger partial charge in [0.05, 0.1) is 0 Å². The first-order chi connectivity index (χ1) is 18.0. The molecule has 0 spiro atoms. The molecule has 3 aromatic heterocycles. The molecule has 10 heteroatoms. The van der Waals surface area contributed by atoms with Gasteiger partial charge in [-0.1, -0.05) is 18.2 Å². The average Bonchev–Trinajstić information content (AvgIpc) is 3.67. The van der Waals surface area contributed by atoms with Crippen molar-refractivity contribution < 1.29 is 31.6 Å². The molecular formula is C27H20I2N5O3-. The maximum absolute atomic E-state index is 13.5. The van der Waals surface area contributed by atoms with Gasteiger partial charge < -0.3 is 0 Å². The van der Waals surface area contributed by atoms with Crippen molar-refractivity contribution in [3.8, 4) is 0 Å². The van der Waals surface area contributed by atoms with Gasteiger partial charge in [0, 0.05) is 10.9 Å². The fraction of sp³-hybridized carbons (Fsp3) is 0.0741. The Morgan fingerprint density at radius 3 is 2.65 bits per heavy atom. The van der Waals surface area contributed by atoms with Gasteiger partial charge in [0.15, 0.2) is 0 Å². The van der Waals surface area contributed by atoms with Crippen molar-refractivity contribution in [2.75, 3.05) is 9.87 Å². The van der Waals surface area contributed by atoms with Crippen molar-refractivity contribution in [3.05, 3.63) is 96.8 Å². The van der Waals surface area contributed by atoms with Gasteiger partial charge in [0.2, 0.25) is 0 Å². The van der Waals surface area contributed by atoms with E-state index in [1.54, 1.807) is 6.08 Å². The number of H-pyrrole nitrogens is 3. The summed E-state index contributed by atoms with van der Waals surface area (Å²) in [6, 6.07) is 16.9. The summed E-state index contributed by atoms with van der Waals surface area (Å²) in [7, 11) is 0. The molecule has 0 unspecified atom stereocenters. The van der Waals surface area contributed by atoms with Gasteiger partial charge in [-0.25, -0.2) is 0 Å². The van der Waals surface area contributed by atoms with Gasteiger partial charge in [-0.3, -0.25) is 0 Å². The molecule has 8 nitrogen and oxygen atoms in total. The molecule has 5 aromatic rings. The summed E-state index contributed by atoms with van der Waals surface area (Å²) in [5, 5.41) is 4.75. The van der Waals surface area contributed by atoms with Crippen LogP contribution < -0.4 is 22.5 Å². The molecule has 37 heavy (non-hydrogen) atoms. The molecule has 1 fully saturated rings. The minimum absolute atomic E-state index is 0.0395. The molecule has 0 atom stereocenters. The van der Waals surface area contributed by atoms with Gasteiger partial charge >= 0.3 is 191 Å². The third-order valence-electron chi connectivity index (χ3n) is 6.48. The van der Waals surface area contributed by atoms with Crippen LogP contribution in [0.15, 0.2) is 70.6 Å². The first-order valence-electron chi connectivity index (χ1n) is 11.5. The molecule has 2 aromatic carbocycles. The van der Waals surface area contributed by atoms with Crippen LogP contribution in [0.5, 0.6) is 0 Å². The van der Waals surface area contributed by atoms with E-state index in [1.807, 2.05) is 72.6 Å². The molecule has 0 saturated carbocycles. The maximum atomic E-state index is 13.5. The number of hydrogen-bond donors (Lipinski definition) is 4. The number of rotatable bonds is 3. The molecule has 1 saturated heterocycles. The summed E-state index contributed by atoms with van der Waals surface area (Å²) in [5.74, 6) is -0.370. The second-order valence-electron chi connectivity index (χ2n) is 8.89. The number of para-hydroxylation sites is 1. The Labute approximate surface area is 224 Å². The summed E-state index contributed by atoms with van der Waals surface area (Å²) in [4.78, 5) is 50.4. The van der Waals surface area contributed by atoms with E-state index in [4.69, 9.17) is 0 Å². The fourth-order valence-corrected chi connectivity index (χ4v) is 24.1. The molecule has 5 heterocycles. The fourth-order valence-electron chi connectivity index (χ4n) is 4.66. The van der Waals surface area contributed by atoms with E-state index in [9.17, 15) is 14.4 Å². The van der Waals surface area contributed by atoms with Crippen molar-refractivity contribution >= 4 is 60.9 Å². The third kappa shape index (κ3) is 3.72. The number of halogens is 2. The number of anilines is 1. The van der Waals surface area contributed by atoms with E-state index in [1.165, 1.54) is 3.57 Å². The number of carbonyl (C=O) groups is 3. The summed E-state index contributed by atoms with van der Waals surface area (Å²) < 4.78 is 2.90. The minimum atomic E-state index is -1.71. The van der Waals surface area contributed by atoms with E-state index in [-0.39, 0.29) is 34.8 Å². The topological polar surface area (TPSA) is 114 Å². The number of allylic oxidation sites excluding steroid dienone is 1. The van der Waals surface area contributed by atoms with Crippen molar-refractivity contribution in [1.82, 2.24) is 19.9 Å². The SMILES string of the molecule is Cc1c[nH]c2c1I1[I-]CN(C(=O)c3cc4cc(NC(=O)c5cc6ccccc6[nH]5)ccc4[nH]3)C1=CC2=O. The Hall–Kier alpha value is -3.39. The second-order valence-corrected chi connectivity index (χ2v) is 23.0. The molecule has 186 valence electrons. The van der Waals surface area contributed by atoms with Crippen LogP contribution in [0.2, 0.25) is 0 Å². The van der Waals surface area contributed by atoms with Crippen molar-refractivity contribution in [3.63, 3.8) is 0 Å². The molecule has 0 bridgehead atoms. The molecule has 0 aliphatic carbocycles. The summed E-state index contributed by atoms with van der Waals surface area (Å²) in [6.45, 7) is 2.05. The number of ketones is 1. The van der Waals surface area contributed by atoms with Crippen LogP contribution >= 0.6 is 15.8 Å². The molecule has 2 aliphatic rings. The number of amides is 2. The average molecular weight is 716 g/mol. The standard InChI is InChI=1S/C27H20I2N5O3/c1-14-12-30-25-22(35)11-23-29(24(14)25)28-13-34(23)27(37)21-10-16-8-17(6-7-19(16)33-21)31-26(36)20-9-15-4-2-3-5-18(15)32-20/h2-12,30,32-33H,13H2,1H3,(H,31,36)/q-1. The summed E-state index contributed by atoms with van der Waals surface area (Å²) in [5.41, 5.74) is 5.21. The predicted octanol–water partition coefficient (Wildman–Crippen LogP) is 2.37. The number of nitrogens with zero attached hydrogens (tertiary/aromatic N) is 1. The van der Waals surface area contributed by atoms with Gasteiger partial charge in [0.1, 0.15) is 0 Å². The van der Waals surface area contributed by atoms with Gasteiger partial charge in [-0.05, 0) is 6.07 Å². The normalized spacial score (nSPS) is 15.9. The first kappa shape index (κ1) is 22.8. The molecule has 2 aliphatic heterocycles. The number of carbonyl (C=O) groups excluding carboxylic acids is 3. The number of hydrogen-bond acceptors (Lipinski definition) is 3. The van der Waals surface area contributed by atoms with Crippen molar-refractivity contribution in [2.45, 2.75) is 6.92 Å². The van der Waals surface area contributed by atoms with Gasteiger partial charge in [-0.2, -0.15) is 0 Å². The number of aromatic amines is 3. The van der Waals surface area contributed by atoms with E-state index in [0.717, 1.165) is 41.3 Å². The molecule has 2 amide bonds. The van der Waals surface area contributed by atoms with Crippen molar-refractivity contribution in [2.24, 2.45) is 0 Å². The number of fused-ring (bicyclic) bond motifs is 5. The Balaban J connectivity index is 1.14. The van der Waals surface area contributed by atoms with Gasteiger partial charge in [-0.15, -0.1) is 0 Å². The second kappa shape index (κ2) is 8.58. The van der Waals surface area contributed by atoms with E-state index >= 15 is 0 Å². The molecule has 0 radical (unpaired) electrons. The van der Waals surface area contributed by atoms with Crippen molar-refractivity contribution in [1.29, 1.82) is 0 Å². The Bertz CT molecular complexity index is 1780. The predicted molar refractivity (Wildman–Crippen MR) is 146 cm³/mol. The van der Waals surface area contributed by atoms with E-state index < -0.39 is 15.8 Å². The third-order valence-corrected chi connectivity index (χ3v) is 23.3. The Kier molecular flexibility index (Phi) is 5.29. The Morgan fingerprint density at radius 2 is 1.78 bits per heavy atom. The number of alkyl halides is 1. The van der Waals surface area contributed by atoms with Crippen LogP contribution in [0.1, 0.15) is 37.0 Å². The van der Waals surface area contributed by atoms with Crippen LogP contribution in [-0.4, -0.2) is 42.0 Å². The zero-order chi connectivity index (χ0) is 25.3. The van der Waals surface area contributed by atoms with E-state index in [0.29, 0.717) is 17.1 Å². The number of benzene rings is 2. The zero-order valence-electron chi connectivity index (χ0n) is 19.5. The van der Waals surface area contributed by atoms with E-state index in [2.05, 4.69) is 20.3 Å². The summed E-state index contributed by atoms with van der Waals surface area (Å²) in [6.07, 6.45) is 3.60. The first-order valence-corrected chi connectivity index (χ1v) is 21.5. The number of aromatic nitrogens is 3. The monoisotopic (exact) mass is 716 g/mol.